The Morgan fingerprint density at radius 3 is 2.62 bits per heavy atom. The second kappa shape index (κ2) is 5.66. The number of hydrogen-bond acceptors (Lipinski definition) is 4. The lowest BCUT2D eigenvalue weighted by atomic mass is 9.93. The zero-order valence-electron chi connectivity index (χ0n) is 12.2. The van der Waals surface area contributed by atoms with Gasteiger partial charge in [-0.05, 0) is 30.8 Å². The topological polar surface area (TPSA) is 50.7 Å². The molecule has 0 saturated carbocycles. The Balaban J connectivity index is 1.94. The molecule has 0 saturated heterocycles. The standard InChI is InChI=1S/C17H19NO3/c1-18-15-10-16(11-3-5-12(19)6-4-11)21-17-9-13(20-2)7-8-14(15)17/h3-9,15-16,18-19H,10H2,1-2H3. The summed E-state index contributed by atoms with van der Waals surface area (Å²) in [5.41, 5.74) is 2.20. The molecule has 1 heterocycles. The highest BCUT2D eigenvalue weighted by Gasteiger charge is 2.28. The van der Waals surface area contributed by atoms with Crippen molar-refractivity contribution in [1.29, 1.82) is 0 Å². The first-order valence-corrected chi connectivity index (χ1v) is 7.02. The summed E-state index contributed by atoms with van der Waals surface area (Å²) in [5.74, 6) is 1.90. The normalized spacial score (nSPS) is 20.5. The summed E-state index contributed by atoms with van der Waals surface area (Å²) in [5, 5.41) is 12.7. The fourth-order valence-corrected chi connectivity index (χ4v) is 2.74. The molecule has 0 fully saturated rings. The molecule has 2 unspecified atom stereocenters. The first-order valence-electron chi connectivity index (χ1n) is 7.02. The first-order chi connectivity index (χ1) is 10.2. The van der Waals surface area contributed by atoms with Crippen molar-refractivity contribution in [1.82, 2.24) is 5.32 Å². The zero-order valence-corrected chi connectivity index (χ0v) is 12.2. The molecule has 4 nitrogen and oxygen atoms in total. The van der Waals surface area contributed by atoms with Gasteiger partial charge in [0.05, 0.1) is 7.11 Å². The van der Waals surface area contributed by atoms with Crippen LogP contribution >= 0.6 is 0 Å². The van der Waals surface area contributed by atoms with Crippen LogP contribution in [0.25, 0.3) is 0 Å². The van der Waals surface area contributed by atoms with Crippen LogP contribution in [-0.4, -0.2) is 19.3 Å². The van der Waals surface area contributed by atoms with Crippen molar-refractivity contribution in [3.63, 3.8) is 0 Å². The molecule has 0 aliphatic carbocycles. The number of phenolic OH excluding ortho intramolecular Hbond substituents is 1. The Hall–Kier alpha value is -2.20. The van der Waals surface area contributed by atoms with Crippen molar-refractivity contribution in [3.8, 4) is 17.2 Å². The minimum absolute atomic E-state index is 0.0392. The van der Waals surface area contributed by atoms with Crippen LogP contribution in [-0.2, 0) is 0 Å². The van der Waals surface area contributed by atoms with E-state index in [0.29, 0.717) is 0 Å². The maximum atomic E-state index is 9.41. The molecule has 0 radical (unpaired) electrons. The van der Waals surface area contributed by atoms with Gasteiger partial charge in [-0.15, -0.1) is 0 Å². The summed E-state index contributed by atoms with van der Waals surface area (Å²) in [7, 11) is 3.61. The van der Waals surface area contributed by atoms with Crippen molar-refractivity contribution in [3.05, 3.63) is 53.6 Å². The average Bonchev–Trinajstić information content (AvgIpc) is 2.53. The zero-order chi connectivity index (χ0) is 14.8. The summed E-state index contributed by atoms with van der Waals surface area (Å²) in [4.78, 5) is 0. The van der Waals surface area contributed by atoms with Crippen molar-refractivity contribution in [2.24, 2.45) is 0 Å². The second-order valence-corrected chi connectivity index (χ2v) is 5.18. The van der Waals surface area contributed by atoms with Gasteiger partial charge in [-0.25, -0.2) is 0 Å². The number of benzene rings is 2. The van der Waals surface area contributed by atoms with Crippen LogP contribution in [0.5, 0.6) is 17.2 Å². The van der Waals surface area contributed by atoms with Crippen molar-refractivity contribution in [2.45, 2.75) is 18.6 Å². The van der Waals surface area contributed by atoms with Crippen LogP contribution in [0.4, 0.5) is 0 Å². The number of ether oxygens (including phenoxy) is 2. The third-order valence-corrected chi connectivity index (χ3v) is 3.93. The molecular formula is C17H19NO3. The minimum Gasteiger partial charge on any atom is -0.508 e. The molecule has 2 atom stereocenters. The summed E-state index contributed by atoms with van der Waals surface area (Å²) in [6.45, 7) is 0. The van der Waals surface area contributed by atoms with Gasteiger partial charge in [0.15, 0.2) is 0 Å². The second-order valence-electron chi connectivity index (χ2n) is 5.18. The molecule has 21 heavy (non-hydrogen) atoms. The van der Waals surface area contributed by atoms with Crippen LogP contribution in [0, 0.1) is 0 Å². The highest BCUT2D eigenvalue weighted by Crippen LogP contribution is 2.42. The third-order valence-electron chi connectivity index (χ3n) is 3.93. The van der Waals surface area contributed by atoms with Crippen LogP contribution < -0.4 is 14.8 Å². The minimum atomic E-state index is -0.0392. The van der Waals surface area contributed by atoms with E-state index in [1.807, 2.05) is 37.4 Å². The van der Waals surface area contributed by atoms with E-state index in [1.54, 1.807) is 19.2 Å². The smallest absolute Gasteiger partial charge is 0.128 e. The van der Waals surface area contributed by atoms with E-state index < -0.39 is 0 Å². The van der Waals surface area contributed by atoms with Gasteiger partial charge in [0.1, 0.15) is 23.4 Å². The Bertz CT molecular complexity index is 624. The predicted molar refractivity (Wildman–Crippen MR) is 80.9 cm³/mol. The molecular weight excluding hydrogens is 266 g/mol. The van der Waals surface area contributed by atoms with Crippen molar-refractivity contribution < 1.29 is 14.6 Å². The summed E-state index contributed by atoms with van der Waals surface area (Å²) >= 11 is 0. The number of nitrogens with one attached hydrogen (secondary N) is 1. The molecule has 2 aromatic carbocycles. The number of phenols is 1. The number of hydrogen-bond donors (Lipinski definition) is 2. The molecule has 110 valence electrons. The van der Waals surface area contributed by atoms with E-state index in [2.05, 4.69) is 5.32 Å². The summed E-state index contributed by atoms with van der Waals surface area (Å²) in [6.07, 6.45) is 0.809. The van der Waals surface area contributed by atoms with Crippen LogP contribution in [0.1, 0.15) is 29.7 Å². The number of fused-ring (bicyclic) bond motifs is 1. The molecule has 0 bridgehead atoms. The predicted octanol–water partition coefficient (Wildman–Crippen LogP) is 3.19. The SMILES string of the molecule is CNC1CC(c2ccc(O)cc2)Oc2cc(OC)ccc21. The van der Waals surface area contributed by atoms with E-state index in [4.69, 9.17) is 9.47 Å². The van der Waals surface area contributed by atoms with Crippen LogP contribution in [0.15, 0.2) is 42.5 Å². The lowest BCUT2D eigenvalue weighted by Gasteiger charge is -2.32. The van der Waals surface area contributed by atoms with E-state index in [9.17, 15) is 5.11 Å². The molecule has 0 spiro atoms. The van der Waals surface area contributed by atoms with Gasteiger partial charge in [0.2, 0.25) is 0 Å². The lowest BCUT2D eigenvalue weighted by molar-refractivity contribution is 0.153. The van der Waals surface area contributed by atoms with Gasteiger partial charge in [-0.1, -0.05) is 18.2 Å². The van der Waals surface area contributed by atoms with Gasteiger partial charge in [-0.2, -0.15) is 0 Å². The molecule has 0 amide bonds. The van der Waals surface area contributed by atoms with Crippen molar-refractivity contribution >= 4 is 0 Å². The molecule has 1 aliphatic rings. The van der Waals surface area contributed by atoms with Gasteiger partial charge in [0, 0.05) is 24.1 Å². The van der Waals surface area contributed by atoms with Gasteiger partial charge < -0.3 is 19.9 Å². The monoisotopic (exact) mass is 285 g/mol. The van der Waals surface area contributed by atoms with Crippen LogP contribution in [0.3, 0.4) is 0 Å². The number of methoxy groups -OCH3 is 1. The molecule has 0 aromatic heterocycles. The largest absolute Gasteiger partial charge is 0.508 e. The summed E-state index contributed by atoms with van der Waals surface area (Å²) < 4.78 is 11.4. The lowest BCUT2D eigenvalue weighted by Crippen LogP contribution is -2.26. The Morgan fingerprint density at radius 1 is 1.19 bits per heavy atom. The van der Waals surface area contributed by atoms with Crippen LogP contribution in [0.2, 0.25) is 0 Å². The van der Waals surface area contributed by atoms with Gasteiger partial charge in [-0.3, -0.25) is 0 Å². The number of aromatic hydroxyl groups is 1. The highest BCUT2D eigenvalue weighted by atomic mass is 16.5. The third kappa shape index (κ3) is 2.67. The Kier molecular flexibility index (Phi) is 3.71. The fourth-order valence-electron chi connectivity index (χ4n) is 2.74. The molecule has 4 heteroatoms. The molecule has 2 N–H and O–H groups in total. The summed E-state index contributed by atoms with van der Waals surface area (Å²) in [6, 6.07) is 13.3. The highest BCUT2D eigenvalue weighted by molar-refractivity contribution is 5.45. The van der Waals surface area contributed by atoms with Gasteiger partial charge in [0.25, 0.3) is 0 Å². The Morgan fingerprint density at radius 2 is 1.95 bits per heavy atom. The fraction of sp³-hybridized carbons (Fsp3) is 0.294. The van der Waals surface area contributed by atoms with E-state index in [0.717, 1.165) is 29.0 Å². The molecule has 1 aliphatic heterocycles. The maximum absolute atomic E-state index is 9.41. The first kappa shape index (κ1) is 13.8. The number of rotatable bonds is 3. The van der Waals surface area contributed by atoms with E-state index in [-0.39, 0.29) is 17.9 Å². The molecule has 2 aromatic rings. The quantitative estimate of drug-likeness (QED) is 0.909. The van der Waals surface area contributed by atoms with Gasteiger partial charge >= 0.3 is 0 Å². The van der Waals surface area contributed by atoms with E-state index in [1.165, 1.54) is 0 Å². The van der Waals surface area contributed by atoms with Crippen molar-refractivity contribution in [2.75, 3.05) is 14.2 Å². The molecule has 3 rings (SSSR count). The Labute approximate surface area is 124 Å². The average molecular weight is 285 g/mol. The van der Waals surface area contributed by atoms with E-state index >= 15 is 0 Å². The maximum Gasteiger partial charge on any atom is 0.128 e.